The van der Waals surface area contributed by atoms with Crippen molar-refractivity contribution in [2.24, 2.45) is 5.10 Å². The summed E-state index contributed by atoms with van der Waals surface area (Å²) in [6, 6.07) is 12.8. The number of hydrogen-bond acceptors (Lipinski definition) is 7. The van der Waals surface area contributed by atoms with Crippen LogP contribution in [-0.2, 0) is 4.79 Å². The molecule has 5 rings (SSSR count). The van der Waals surface area contributed by atoms with Crippen molar-refractivity contribution in [2.45, 2.75) is 12.5 Å². The molecule has 1 amide bonds. The fourth-order valence-corrected chi connectivity index (χ4v) is 4.21. The van der Waals surface area contributed by atoms with Crippen LogP contribution in [0.2, 0.25) is 5.02 Å². The second kappa shape index (κ2) is 9.10. The number of carbonyl (C=O) groups is 1. The lowest BCUT2D eigenvalue weighted by atomic mass is 10.0. The Kier molecular flexibility index (Phi) is 5.87. The molecule has 0 N–H and O–H groups in total. The number of benzene rings is 1. The third kappa shape index (κ3) is 4.37. The van der Waals surface area contributed by atoms with Gasteiger partial charge in [-0.3, -0.25) is 9.69 Å². The molecule has 164 valence electrons. The summed E-state index contributed by atoms with van der Waals surface area (Å²) in [6.45, 7) is 3.38. The number of nitrogens with zero attached hydrogens (tertiary/aromatic N) is 6. The molecule has 2 aromatic heterocycles. The lowest BCUT2D eigenvalue weighted by molar-refractivity contribution is -0.134. The predicted molar refractivity (Wildman–Crippen MR) is 122 cm³/mol. The van der Waals surface area contributed by atoms with Gasteiger partial charge in [-0.25, -0.2) is 15.0 Å². The number of halogens is 1. The van der Waals surface area contributed by atoms with Crippen LogP contribution in [0.5, 0.6) is 0 Å². The van der Waals surface area contributed by atoms with E-state index in [2.05, 4.69) is 19.8 Å². The molecule has 0 saturated carbocycles. The minimum Gasteiger partial charge on any atom is -0.467 e. The van der Waals surface area contributed by atoms with E-state index in [0.29, 0.717) is 18.0 Å². The van der Waals surface area contributed by atoms with E-state index < -0.39 is 0 Å². The van der Waals surface area contributed by atoms with Gasteiger partial charge in [0.25, 0.3) is 5.91 Å². The number of anilines is 1. The van der Waals surface area contributed by atoms with Crippen LogP contribution in [0.3, 0.4) is 0 Å². The Labute approximate surface area is 191 Å². The van der Waals surface area contributed by atoms with E-state index in [9.17, 15) is 4.79 Å². The van der Waals surface area contributed by atoms with E-state index >= 15 is 0 Å². The number of amides is 1. The second-order valence-corrected chi connectivity index (χ2v) is 8.28. The second-order valence-electron chi connectivity index (χ2n) is 7.84. The van der Waals surface area contributed by atoms with E-state index in [1.54, 1.807) is 23.7 Å². The first kappa shape index (κ1) is 20.7. The number of hydrazone groups is 1. The van der Waals surface area contributed by atoms with Crippen molar-refractivity contribution in [1.82, 2.24) is 19.9 Å². The van der Waals surface area contributed by atoms with Crippen LogP contribution in [-0.4, -0.2) is 64.2 Å². The average Bonchev–Trinajstić information content (AvgIpc) is 3.51. The molecule has 0 spiro atoms. The van der Waals surface area contributed by atoms with Crippen LogP contribution in [0.4, 0.5) is 5.95 Å². The summed E-state index contributed by atoms with van der Waals surface area (Å²) in [4.78, 5) is 26.2. The molecule has 1 atom stereocenters. The van der Waals surface area contributed by atoms with Crippen molar-refractivity contribution in [3.8, 4) is 0 Å². The van der Waals surface area contributed by atoms with Crippen molar-refractivity contribution in [3.63, 3.8) is 0 Å². The molecule has 1 unspecified atom stereocenters. The molecule has 1 aromatic carbocycles. The van der Waals surface area contributed by atoms with Gasteiger partial charge >= 0.3 is 0 Å². The van der Waals surface area contributed by atoms with Crippen LogP contribution in [0.15, 0.2) is 70.6 Å². The highest BCUT2D eigenvalue weighted by atomic mass is 35.5. The number of piperazine rings is 1. The SMILES string of the molecule is O=C(CN1CCN(c2ncccn2)CC1)N1N=C(c2ccc(Cl)cc2)CC1c1ccco1. The maximum atomic E-state index is 13.3. The first-order valence-electron chi connectivity index (χ1n) is 10.6. The fourth-order valence-electron chi connectivity index (χ4n) is 4.08. The number of aromatic nitrogens is 2. The largest absolute Gasteiger partial charge is 0.467 e. The van der Waals surface area contributed by atoms with E-state index in [4.69, 9.17) is 21.1 Å². The molecule has 2 aliphatic heterocycles. The van der Waals surface area contributed by atoms with E-state index in [1.807, 2.05) is 42.5 Å². The molecular weight excluding hydrogens is 428 g/mol. The van der Waals surface area contributed by atoms with Gasteiger partial charge < -0.3 is 9.32 Å². The maximum Gasteiger partial charge on any atom is 0.257 e. The summed E-state index contributed by atoms with van der Waals surface area (Å²) < 4.78 is 5.63. The molecule has 1 saturated heterocycles. The molecule has 3 aromatic rings. The Bertz CT molecular complexity index is 1080. The Hall–Kier alpha value is -3.23. The molecule has 2 aliphatic rings. The zero-order chi connectivity index (χ0) is 21.9. The van der Waals surface area contributed by atoms with Crippen LogP contribution in [0.1, 0.15) is 23.8 Å². The summed E-state index contributed by atoms with van der Waals surface area (Å²) in [5, 5.41) is 6.94. The van der Waals surface area contributed by atoms with Crippen molar-refractivity contribution in [3.05, 3.63) is 77.5 Å². The topological polar surface area (TPSA) is 78.1 Å². The van der Waals surface area contributed by atoms with Gasteiger partial charge in [-0.05, 0) is 35.9 Å². The Morgan fingerprint density at radius 1 is 1.03 bits per heavy atom. The van der Waals surface area contributed by atoms with Crippen molar-refractivity contribution >= 4 is 29.2 Å². The first-order chi connectivity index (χ1) is 15.7. The van der Waals surface area contributed by atoms with Gasteiger partial charge in [0.1, 0.15) is 11.8 Å². The van der Waals surface area contributed by atoms with Gasteiger partial charge in [0.15, 0.2) is 0 Å². The fraction of sp³-hybridized carbons (Fsp3) is 0.304. The Balaban J connectivity index is 1.28. The normalized spacial score (nSPS) is 19.3. The van der Waals surface area contributed by atoms with Gasteiger partial charge in [0.2, 0.25) is 5.95 Å². The van der Waals surface area contributed by atoms with E-state index in [0.717, 1.165) is 49.2 Å². The third-order valence-corrected chi connectivity index (χ3v) is 6.03. The molecule has 32 heavy (non-hydrogen) atoms. The van der Waals surface area contributed by atoms with Crippen LogP contribution >= 0.6 is 11.6 Å². The summed E-state index contributed by atoms with van der Waals surface area (Å²) >= 11 is 6.03. The number of hydrogen-bond donors (Lipinski definition) is 0. The Morgan fingerprint density at radius 3 is 2.47 bits per heavy atom. The standard InChI is InChI=1S/C23H23ClN6O2/c24-18-6-4-17(5-7-18)19-15-20(21-3-1-14-32-21)30(27-19)22(31)16-28-10-12-29(13-11-28)23-25-8-2-9-26-23/h1-9,14,20H,10-13,15-16H2. The first-order valence-corrected chi connectivity index (χ1v) is 11.0. The van der Waals surface area contributed by atoms with Gasteiger partial charge in [0, 0.05) is 50.0 Å². The average molecular weight is 451 g/mol. The van der Waals surface area contributed by atoms with Gasteiger partial charge in [0.05, 0.1) is 18.5 Å². The van der Waals surface area contributed by atoms with Crippen LogP contribution in [0, 0.1) is 0 Å². The summed E-state index contributed by atoms with van der Waals surface area (Å²) in [7, 11) is 0. The molecule has 0 bridgehead atoms. The lowest BCUT2D eigenvalue weighted by Gasteiger charge is -2.34. The molecule has 4 heterocycles. The molecule has 1 fully saturated rings. The van der Waals surface area contributed by atoms with Crippen molar-refractivity contribution < 1.29 is 9.21 Å². The van der Waals surface area contributed by atoms with Gasteiger partial charge in [-0.15, -0.1) is 0 Å². The predicted octanol–water partition coefficient (Wildman–Crippen LogP) is 3.22. The monoisotopic (exact) mass is 450 g/mol. The Morgan fingerprint density at radius 2 is 1.78 bits per heavy atom. The van der Waals surface area contributed by atoms with E-state index in [-0.39, 0.29) is 11.9 Å². The minimum absolute atomic E-state index is 0.0419. The highest BCUT2D eigenvalue weighted by molar-refractivity contribution is 6.30. The van der Waals surface area contributed by atoms with Gasteiger partial charge in [-0.1, -0.05) is 23.7 Å². The molecule has 9 heteroatoms. The molecule has 0 aliphatic carbocycles. The van der Waals surface area contributed by atoms with Crippen molar-refractivity contribution in [1.29, 1.82) is 0 Å². The number of carbonyl (C=O) groups excluding carboxylic acids is 1. The summed E-state index contributed by atoms with van der Waals surface area (Å²) in [5.74, 6) is 1.42. The number of furan rings is 1. The number of rotatable bonds is 5. The van der Waals surface area contributed by atoms with E-state index in [1.165, 1.54) is 0 Å². The highest BCUT2D eigenvalue weighted by Gasteiger charge is 2.35. The third-order valence-electron chi connectivity index (χ3n) is 5.78. The zero-order valence-electron chi connectivity index (χ0n) is 17.5. The smallest absolute Gasteiger partial charge is 0.257 e. The molecular formula is C23H23ClN6O2. The quantitative estimate of drug-likeness (QED) is 0.594. The lowest BCUT2D eigenvalue weighted by Crippen LogP contribution is -2.50. The van der Waals surface area contributed by atoms with Crippen LogP contribution in [0.25, 0.3) is 0 Å². The summed E-state index contributed by atoms with van der Waals surface area (Å²) in [6.07, 6.45) is 5.72. The molecule has 8 nitrogen and oxygen atoms in total. The van der Waals surface area contributed by atoms with Gasteiger partial charge in [-0.2, -0.15) is 5.10 Å². The van der Waals surface area contributed by atoms with Crippen molar-refractivity contribution in [2.75, 3.05) is 37.6 Å². The molecule has 0 radical (unpaired) electrons. The highest BCUT2D eigenvalue weighted by Crippen LogP contribution is 2.33. The summed E-state index contributed by atoms with van der Waals surface area (Å²) in [5.41, 5.74) is 1.81. The zero-order valence-corrected chi connectivity index (χ0v) is 18.2. The maximum absolute atomic E-state index is 13.3. The van der Waals surface area contributed by atoms with Crippen LogP contribution < -0.4 is 4.90 Å². The minimum atomic E-state index is -0.248.